The van der Waals surface area contributed by atoms with E-state index in [0.29, 0.717) is 23.4 Å². The maximum atomic E-state index is 11.2. The van der Waals surface area contributed by atoms with Crippen molar-refractivity contribution in [3.8, 4) is 0 Å². The number of rotatable bonds is 7. The molecule has 1 aromatic carbocycles. The van der Waals surface area contributed by atoms with Crippen LogP contribution in [-0.4, -0.2) is 24.9 Å². The first kappa shape index (κ1) is 17.3. The molecular formula is C15H22N4O3S. The Hall–Kier alpha value is -2.09. The van der Waals surface area contributed by atoms with E-state index in [1.165, 1.54) is 0 Å². The third-order valence-corrected chi connectivity index (χ3v) is 3.61. The van der Waals surface area contributed by atoms with E-state index in [1.54, 1.807) is 24.3 Å². The Morgan fingerprint density at radius 3 is 2.26 bits per heavy atom. The number of benzene rings is 1. The molecule has 23 heavy (non-hydrogen) atoms. The summed E-state index contributed by atoms with van der Waals surface area (Å²) in [4.78, 5) is 0. The van der Waals surface area contributed by atoms with E-state index in [-0.39, 0.29) is 6.04 Å². The Morgan fingerprint density at radius 2 is 1.70 bits per heavy atom. The molecule has 1 aromatic heterocycles. The van der Waals surface area contributed by atoms with Gasteiger partial charge in [-0.05, 0) is 37.1 Å². The molecule has 0 aliphatic carbocycles. The summed E-state index contributed by atoms with van der Waals surface area (Å²) in [6, 6.07) is 6.81. The van der Waals surface area contributed by atoms with Crippen molar-refractivity contribution in [3.63, 3.8) is 0 Å². The van der Waals surface area contributed by atoms with Crippen molar-refractivity contribution in [1.29, 1.82) is 0 Å². The zero-order valence-corrected chi connectivity index (χ0v) is 14.5. The van der Waals surface area contributed by atoms with Crippen LogP contribution in [0.15, 0.2) is 28.7 Å². The third kappa shape index (κ3) is 5.55. The van der Waals surface area contributed by atoms with Gasteiger partial charge in [-0.2, -0.15) is 0 Å². The summed E-state index contributed by atoms with van der Waals surface area (Å²) < 4.78 is 30.4. The summed E-state index contributed by atoms with van der Waals surface area (Å²) in [7, 11) is -3.27. The lowest BCUT2D eigenvalue weighted by atomic mass is 10.1. The molecular weight excluding hydrogens is 316 g/mol. The second-order valence-electron chi connectivity index (χ2n) is 5.95. The number of nitrogens with zero attached hydrogens (tertiary/aromatic N) is 2. The summed E-state index contributed by atoms with van der Waals surface area (Å²) in [6.07, 6.45) is 1.87. The summed E-state index contributed by atoms with van der Waals surface area (Å²) in [6.45, 7) is 6.12. The van der Waals surface area contributed by atoms with Crippen molar-refractivity contribution >= 4 is 21.4 Å². The minimum absolute atomic E-state index is 0.142. The van der Waals surface area contributed by atoms with Gasteiger partial charge in [0.05, 0.1) is 6.26 Å². The van der Waals surface area contributed by atoms with Gasteiger partial charge in [-0.25, -0.2) is 8.42 Å². The van der Waals surface area contributed by atoms with E-state index in [1.807, 2.05) is 6.92 Å². The van der Waals surface area contributed by atoms with Crippen LogP contribution in [0.2, 0.25) is 0 Å². The molecule has 0 amide bonds. The van der Waals surface area contributed by atoms with Crippen molar-refractivity contribution in [2.75, 3.05) is 16.3 Å². The fraction of sp³-hybridized carbons (Fsp3) is 0.467. The highest BCUT2D eigenvalue weighted by molar-refractivity contribution is 7.92. The van der Waals surface area contributed by atoms with Crippen LogP contribution in [0.3, 0.4) is 0 Å². The molecule has 1 heterocycles. The number of aromatic nitrogens is 2. The van der Waals surface area contributed by atoms with Gasteiger partial charge in [0.25, 0.3) is 0 Å². The molecule has 0 fully saturated rings. The van der Waals surface area contributed by atoms with Gasteiger partial charge in [-0.1, -0.05) is 13.8 Å². The lowest BCUT2D eigenvalue weighted by molar-refractivity contribution is 0.414. The van der Waals surface area contributed by atoms with Crippen LogP contribution in [0.5, 0.6) is 0 Å². The first-order chi connectivity index (χ1) is 10.7. The van der Waals surface area contributed by atoms with Gasteiger partial charge >= 0.3 is 0 Å². The summed E-state index contributed by atoms with van der Waals surface area (Å²) in [5, 5.41) is 11.3. The molecule has 0 unspecified atom stereocenters. The van der Waals surface area contributed by atoms with E-state index >= 15 is 0 Å². The molecule has 2 N–H and O–H groups in total. The van der Waals surface area contributed by atoms with Crippen molar-refractivity contribution in [3.05, 3.63) is 36.0 Å². The molecule has 2 rings (SSSR count). The van der Waals surface area contributed by atoms with E-state index in [9.17, 15) is 8.42 Å². The van der Waals surface area contributed by atoms with Crippen LogP contribution in [0.25, 0.3) is 0 Å². The van der Waals surface area contributed by atoms with E-state index in [0.717, 1.165) is 18.4 Å². The summed E-state index contributed by atoms with van der Waals surface area (Å²) >= 11 is 0. The predicted octanol–water partition coefficient (Wildman–Crippen LogP) is 2.81. The zero-order valence-electron chi connectivity index (χ0n) is 13.7. The van der Waals surface area contributed by atoms with Gasteiger partial charge in [-0.15, -0.1) is 10.2 Å². The highest BCUT2D eigenvalue weighted by atomic mass is 32.2. The maximum Gasteiger partial charge on any atom is 0.238 e. The van der Waals surface area contributed by atoms with Gasteiger partial charge in [-0.3, -0.25) is 4.72 Å². The SMILES string of the molecule is CC(C)Cc1nnc([C@H](C)Nc2ccc(NS(C)(=O)=O)cc2)o1. The Bertz CT molecular complexity index is 738. The van der Waals surface area contributed by atoms with Crippen LogP contribution >= 0.6 is 0 Å². The average molecular weight is 338 g/mol. The van der Waals surface area contributed by atoms with Crippen molar-refractivity contribution in [1.82, 2.24) is 10.2 Å². The normalized spacial score (nSPS) is 13.1. The topological polar surface area (TPSA) is 97.1 Å². The van der Waals surface area contributed by atoms with Gasteiger partial charge < -0.3 is 9.73 Å². The van der Waals surface area contributed by atoms with E-state index < -0.39 is 10.0 Å². The molecule has 0 spiro atoms. The summed E-state index contributed by atoms with van der Waals surface area (Å²) in [5.74, 6) is 1.62. The molecule has 7 nitrogen and oxygen atoms in total. The van der Waals surface area contributed by atoms with Crippen LogP contribution in [0.4, 0.5) is 11.4 Å². The molecule has 2 aromatic rings. The lowest BCUT2D eigenvalue weighted by Gasteiger charge is -2.12. The Labute approximate surface area is 136 Å². The van der Waals surface area contributed by atoms with Crippen molar-refractivity contribution in [2.45, 2.75) is 33.2 Å². The number of hydrogen-bond donors (Lipinski definition) is 2. The first-order valence-corrected chi connectivity index (χ1v) is 9.29. The number of sulfonamides is 1. The van der Waals surface area contributed by atoms with Crippen molar-refractivity contribution < 1.29 is 12.8 Å². The second kappa shape index (κ2) is 6.99. The Morgan fingerprint density at radius 1 is 1.09 bits per heavy atom. The molecule has 0 aliphatic heterocycles. The second-order valence-corrected chi connectivity index (χ2v) is 7.70. The average Bonchev–Trinajstić information content (AvgIpc) is 2.87. The van der Waals surface area contributed by atoms with Crippen LogP contribution < -0.4 is 10.0 Å². The molecule has 126 valence electrons. The molecule has 0 saturated carbocycles. The monoisotopic (exact) mass is 338 g/mol. The number of hydrogen-bond acceptors (Lipinski definition) is 6. The molecule has 0 saturated heterocycles. The number of anilines is 2. The fourth-order valence-electron chi connectivity index (χ4n) is 2.03. The highest BCUT2D eigenvalue weighted by Crippen LogP contribution is 2.21. The van der Waals surface area contributed by atoms with Gasteiger partial charge in [0.2, 0.25) is 21.8 Å². The predicted molar refractivity (Wildman–Crippen MR) is 89.8 cm³/mol. The minimum Gasteiger partial charge on any atom is -0.423 e. The van der Waals surface area contributed by atoms with E-state index in [4.69, 9.17) is 4.42 Å². The van der Waals surface area contributed by atoms with Crippen LogP contribution in [0, 0.1) is 5.92 Å². The lowest BCUT2D eigenvalue weighted by Crippen LogP contribution is -2.10. The minimum atomic E-state index is -3.27. The smallest absolute Gasteiger partial charge is 0.238 e. The molecule has 0 bridgehead atoms. The Balaban J connectivity index is 1.99. The largest absolute Gasteiger partial charge is 0.423 e. The van der Waals surface area contributed by atoms with Crippen LogP contribution in [-0.2, 0) is 16.4 Å². The standard InChI is InChI=1S/C15H22N4O3S/c1-10(2)9-14-17-18-15(22-14)11(3)16-12-5-7-13(8-6-12)19-23(4,20)21/h5-8,10-11,16,19H,9H2,1-4H3/t11-/m0/s1. The molecule has 8 heteroatoms. The first-order valence-electron chi connectivity index (χ1n) is 7.39. The quantitative estimate of drug-likeness (QED) is 0.806. The van der Waals surface area contributed by atoms with Gasteiger partial charge in [0, 0.05) is 17.8 Å². The van der Waals surface area contributed by atoms with Gasteiger partial charge in [0.15, 0.2) is 0 Å². The number of nitrogens with one attached hydrogen (secondary N) is 2. The van der Waals surface area contributed by atoms with Crippen LogP contribution in [0.1, 0.15) is 38.6 Å². The molecule has 0 radical (unpaired) electrons. The Kier molecular flexibility index (Phi) is 5.25. The van der Waals surface area contributed by atoms with E-state index in [2.05, 4.69) is 34.1 Å². The molecule has 1 atom stereocenters. The fourth-order valence-corrected chi connectivity index (χ4v) is 2.60. The highest BCUT2D eigenvalue weighted by Gasteiger charge is 2.14. The van der Waals surface area contributed by atoms with Crippen molar-refractivity contribution in [2.24, 2.45) is 5.92 Å². The molecule has 0 aliphatic rings. The maximum absolute atomic E-state index is 11.2. The summed E-state index contributed by atoms with van der Waals surface area (Å²) in [5.41, 5.74) is 1.35. The zero-order chi connectivity index (χ0) is 17.0. The third-order valence-electron chi connectivity index (χ3n) is 3.01. The van der Waals surface area contributed by atoms with Gasteiger partial charge in [0.1, 0.15) is 6.04 Å².